The van der Waals surface area contributed by atoms with Crippen molar-refractivity contribution in [1.82, 2.24) is 19.7 Å². The van der Waals surface area contributed by atoms with Crippen LogP contribution in [0.15, 0.2) is 53.3 Å². The third-order valence-corrected chi connectivity index (χ3v) is 5.52. The molecule has 7 heteroatoms. The van der Waals surface area contributed by atoms with Crippen molar-refractivity contribution in [1.29, 1.82) is 0 Å². The molecule has 3 aromatic rings. The number of carbonyl (C=O) groups is 1. The second-order valence-corrected chi connectivity index (χ2v) is 7.85. The molecular formula is C21H22BrN5O. The minimum Gasteiger partial charge on any atom is -0.365 e. The maximum atomic E-state index is 12.7. The third-order valence-electron chi connectivity index (χ3n) is 5.09. The number of nitrogens with zero attached hydrogens (tertiary/aromatic N) is 5. The van der Waals surface area contributed by atoms with E-state index in [1.807, 2.05) is 40.8 Å². The van der Waals surface area contributed by atoms with Crippen LogP contribution in [0.3, 0.4) is 0 Å². The summed E-state index contributed by atoms with van der Waals surface area (Å²) in [5.41, 5.74) is 4.98. The van der Waals surface area contributed by atoms with Gasteiger partial charge in [0.2, 0.25) is 0 Å². The summed E-state index contributed by atoms with van der Waals surface area (Å²) in [6.07, 6.45) is 3.31. The topological polar surface area (TPSA) is 54.3 Å². The molecule has 0 N–H and O–H groups in total. The first-order valence-corrected chi connectivity index (χ1v) is 10.1. The smallest absolute Gasteiger partial charge is 0.255 e. The van der Waals surface area contributed by atoms with Crippen molar-refractivity contribution in [3.05, 3.63) is 70.2 Å². The second kappa shape index (κ2) is 7.75. The molecule has 1 aromatic carbocycles. The van der Waals surface area contributed by atoms with Crippen molar-refractivity contribution in [2.24, 2.45) is 0 Å². The first-order valence-electron chi connectivity index (χ1n) is 9.31. The van der Waals surface area contributed by atoms with Gasteiger partial charge in [0.05, 0.1) is 28.3 Å². The van der Waals surface area contributed by atoms with E-state index in [2.05, 4.69) is 44.9 Å². The monoisotopic (exact) mass is 439 g/mol. The van der Waals surface area contributed by atoms with Gasteiger partial charge in [-0.2, -0.15) is 5.10 Å². The van der Waals surface area contributed by atoms with E-state index in [1.54, 1.807) is 12.4 Å². The minimum atomic E-state index is 0.0295. The second-order valence-electron chi connectivity index (χ2n) is 6.94. The summed E-state index contributed by atoms with van der Waals surface area (Å²) >= 11 is 3.38. The largest absolute Gasteiger partial charge is 0.365 e. The van der Waals surface area contributed by atoms with Gasteiger partial charge in [0.25, 0.3) is 5.91 Å². The molecule has 28 heavy (non-hydrogen) atoms. The van der Waals surface area contributed by atoms with Crippen LogP contribution in [-0.4, -0.2) is 51.8 Å². The summed E-state index contributed by atoms with van der Waals surface area (Å²) in [7, 11) is 0. The van der Waals surface area contributed by atoms with Crippen LogP contribution < -0.4 is 4.90 Å². The standard InChI is InChI=1S/C21H22BrN5O/c1-15-20(16(2)27(24-15)19-6-4-3-5-7-19)25-8-10-26(11-9-25)21(28)17-12-18(22)14-23-13-17/h3-7,12-14H,8-11H2,1-2H3. The number of hydrogen-bond acceptors (Lipinski definition) is 4. The number of halogens is 1. The van der Waals surface area contributed by atoms with Crippen molar-refractivity contribution in [2.75, 3.05) is 31.1 Å². The fourth-order valence-corrected chi connectivity index (χ4v) is 4.12. The van der Waals surface area contributed by atoms with Crippen molar-refractivity contribution < 1.29 is 4.79 Å². The zero-order valence-electron chi connectivity index (χ0n) is 16.0. The number of aryl methyl sites for hydroxylation is 1. The van der Waals surface area contributed by atoms with E-state index in [9.17, 15) is 4.79 Å². The Morgan fingerprint density at radius 3 is 2.43 bits per heavy atom. The Bertz CT molecular complexity index is 993. The summed E-state index contributed by atoms with van der Waals surface area (Å²) in [4.78, 5) is 21.1. The number of anilines is 1. The van der Waals surface area contributed by atoms with Gasteiger partial charge in [-0.15, -0.1) is 0 Å². The van der Waals surface area contributed by atoms with Gasteiger partial charge in [-0.05, 0) is 48.0 Å². The number of carbonyl (C=O) groups excluding carboxylic acids is 1. The lowest BCUT2D eigenvalue weighted by molar-refractivity contribution is 0.0746. The Morgan fingerprint density at radius 1 is 1.04 bits per heavy atom. The van der Waals surface area contributed by atoms with Crippen LogP contribution in [0.2, 0.25) is 0 Å². The Kier molecular flexibility index (Phi) is 5.17. The van der Waals surface area contributed by atoms with E-state index in [4.69, 9.17) is 5.10 Å². The molecule has 0 spiro atoms. The molecule has 1 saturated heterocycles. The van der Waals surface area contributed by atoms with E-state index >= 15 is 0 Å². The van der Waals surface area contributed by atoms with Gasteiger partial charge in [0.1, 0.15) is 0 Å². The van der Waals surface area contributed by atoms with Gasteiger partial charge < -0.3 is 9.80 Å². The van der Waals surface area contributed by atoms with Gasteiger partial charge in [-0.3, -0.25) is 9.78 Å². The molecule has 4 rings (SSSR count). The average molecular weight is 440 g/mol. The molecule has 144 valence electrons. The summed E-state index contributed by atoms with van der Waals surface area (Å²) in [6, 6.07) is 12.0. The van der Waals surface area contributed by atoms with Crippen molar-refractivity contribution in [3.8, 4) is 5.69 Å². The minimum absolute atomic E-state index is 0.0295. The fraction of sp³-hybridized carbons (Fsp3) is 0.286. The Morgan fingerprint density at radius 2 is 1.75 bits per heavy atom. The van der Waals surface area contributed by atoms with E-state index in [-0.39, 0.29) is 5.91 Å². The molecule has 0 bridgehead atoms. The first kappa shape index (κ1) is 18.7. The summed E-state index contributed by atoms with van der Waals surface area (Å²) in [6.45, 7) is 7.09. The SMILES string of the molecule is Cc1nn(-c2ccccc2)c(C)c1N1CCN(C(=O)c2cncc(Br)c2)CC1. The molecule has 1 amide bonds. The highest BCUT2D eigenvalue weighted by atomic mass is 79.9. The lowest BCUT2D eigenvalue weighted by atomic mass is 10.2. The number of para-hydroxylation sites is 1. The molecule has 3 heterocycles. The van der Waals surface area contributed by atoms with Gasteiger partial charge >= 0.3 is 0 Å². The van der Waals surface area contributed by atoms with E-state index in [1.165, 1.54) is 5.69 Å². The lowest BCUT2D eigenvalue weighted by Crippen LogP contribution is -2.49. The van der Waals surface area contributed by atoms with Crippen LogP contribution in [0.1, 0.15) is 21.7 Å². The van der Waals surface area contributed by atoms with Crippen LogP contribution in [0.5, 0.6) is 0 Å². The Balaban J connectivity index is 1.50. The molecule has 0 unspecified atom stereocenters. The molecule has 0 aliphatic carbocycles. The average Bonchev–Trinajstić information content (AvgIpc) is 3.02. The molecule has 6 nitrogen and oxygen atoms in total. The number of benzene rings is 1. The lowest BCUT2D eigenvalue weighted by Gasteiger charge is -2.36. The number of piperazine rings is 1. The number of amides is 1. The van der Waals surface area contributed by atoms with Gasteiger partial charge in [-0.25, -0.2) is 4.68 Å². The van der Waals surface area contributed by atoms with Gasteiger partial charge in [0, 0.05) is 43.0 Å². The van der Waals surface area contributed by atoms with E-state index in [0.717, 1.165) is 34.6 Å². The zero-order chi connectivity index (χ0) is 19.7. The number of aromatic nitrogens is 3. The summed E-state index contributed by atoms with van der Waals surface area (Å²) in [5, 5.41) is 4.75. The molecule has 0 saturated carbocycles. The molecule has 1 aliphatic heterocycles. The molecule has 0 atom stereocenters. The van der Waals surface area contributed by atoms with E-state index in [0.29, 0.717) is 18.7 Å². The van der Waals surface area contributed by atoms with Crippen molar-refractivity contribution in [3.63, 3.8) is 0 Å². The van der Waals surface area contributed by atoms with Crippen LogP contribution >= 0.6 is 15.9 Å². The Hall–Kier alpha value is -2.67. The quantitative estimate of drug-likeness (QED) is 0.625. The fourth-order valence-electron chi connectivity index (χ4n) is 3.76. The molecular weight excluding hydrogens is 418 g/mol. The van der Waals surface area contributed by atoms with Crippen molar-refractivity contribution >= 4 is 27.5 Å². The number of hydrogen-bond donors (Lipinski definition) is 0. The third kappa shape index (κ3) is 3.54. The normalized spacial score (nSPS) is 14.4. The molecule has 1 fully saturated rings. The first-order chi connectivity index (χ1) is 13.5. The van der Waals surface area contributed by atoms with Crippen LogP contribution in [-0.2, 0) is 0 Å². The van der Waals surface area contributed by atoms with E-state index < -0.39 is 0 Å². The van der Waals surface area contributed by atoms with Crippen molar-refractivity contribution in [2.45, 2.75) is 13.8 Å². The summed E-state index contributed by atoms with van der Waals surface area (Å²) < 4.78 is 2.81. The molecule has 1 aliphatic rings. The Labute approximate surface area is 172 Å². The maximum absolute atomic E-state index is 12.7. The highest BCUT2D eigenvalue weighted by Gasteiger charge is 2.26. The van der Waals surface area contributed by atoms with Gasteiger partial charge in [0.15, 0.2) is 0 Å². The highest BCUT2D eigenvalue weighted by Crippen LogP contribution is 2.28. The van der Waals surface area contributed by atoms with Gasteiger partial charge in [-0.1, -0.05) is 18.2 Å². The molecule has 0 radical (unpaired) electrons. The predicted molar refractivity (Wildman–Crippen MR) is 113 cm³/mol. The maximum Gasteiger partial charge on any atom is 0.255 e. The van der Waals surface area contributed by atoms with Crippen LogP contribution in [0.25, 0.3) is 5.69 Å². The number of rotatable bonds is 3. The predicted octanol–water partition coefficient (Wildman–Crippen LogP) is 3.61. The zero-order valence-corrected chi connectivity index (χ0v) is 17.6. The highest BCUT2D eigenvalue weighted by molar-refractivity contribution is 9.10. The summed E-state index contributed by atoms with van der Waals surface area (Å²) in [5.74, 6) is 0.0295. The number of pyridine rings is 1. The van der Waals surface area contributed by atoms with Crippen LogP contribution in [0.4, 0.5) is 5.69 Å². The van der Waals surface area contributed by atoms with Crippen LogP contribution in [0, 0.1) is 13.8 Å². The molecule has 2 aromatic heterocycles.